The van der Waals surface area contributed by atoms with Gasteiger partial charge in [0, 0.05) is 6.04 Å². The van der Waals surface area contributed by atoms with E-state index < -0.39 is 0 Å². The van der Waals surface area contributed by atoms with Crippen molar-refractivity contribution in [1.29, 1.82) is 0 Å². The molecule has 0 saturated heterocycles. The molecule has 1 N–H and O–H groups in total. The Morgan fingerprint density at radius 1 is 1.24 bits per heavy atom. The van der Waals surface area contributed by atoms with Crippen LogP contribution in [0.5, 0.6) is 0 Å². The SMILES string of the molecule is CCNC(CCc1ccccc1)C(C)C1CC1. The lowest BCUT2D eigenvalue weighted by atomic mass is 9.91. The van der Waals surface area contributed by atoms with Gasteiger partial charge < -0.3 is 5.32 Å². The van der Waals surface area contributed by atoms with Gasteiger partial charge in [0.05, 0.1) is 0 Å². The number of benzene rings is 1. The Labute approximate surface area is 106 Å². The van der Waals surface area contributed by atoms with Gasteiger partial charge in [0.1, 0.15) is 0 Å². The Morgan fingerprint density at radius 2 is 1.94 bits per heavy atom. The van der Waals surface area contributed by atoms with Gasteiger partial charge in [-0.05, 0) is 49.6 Å². The van der Waals surface area contributed by atoms with Crippen LogP contribution >= 0.6 is 0 Å². The molecule has 0 amide bonds. The summed E-state index contributed by atoms with van der Waals surface area (Å²) in [5.74, 6) is 1.84. The highest BCUT2D eigenvalue weighted by Crippen LogP contribution is 2.39. The predicted molar refractivity (Wildman–Crippen MR) is 74.1 cm³/mol. The first-order valence-corrected chi connectivity index (χ1v) is 7.08. The first-order chi connectivity index (χ1) is 8.31. The maximum absolute atomic E-state index is 3.67. The van der Waals surface area contributed by atoms with Crippen LogP contribution in [-0.4, -0.2) is 12.6 Å². The Kier molecular flexibility index (Phi) is 4.61. The molecule has 0 heterocycles. The zero-order valence-corrected chi connectivity index (χ0v) is 11.2. The second-order valence-electron chi connectivity index (χ2n) is 5.38. The summed E-state index contributed by atoms with van der Waals surface area (Å²) >= 11 is 0. The molecular weight excluding hydrogens is 206 g/mol. The summed E-state index contributed by atoms with van der Waals surface area (Å²) in [6.45, 7) is 5.74. The van der Waals surface area contributed by atoms with Crippen LogP contribution in [-0.2, 0) is 6.42 Å². The lowest BCUT2D eigenvalue weighted by Crippen LogP contribution is -2.36. The van der Waals surface area contributed by atoms with E-state index in [-0.39, 0.29) is 0 Å². The molecule has 1 nitrogen and oxygen atoms in total. The summed E-state index contributed by atoms with van der Waals surface area (Å²) in [5, 5.41) is 3.67. The van der Waals surface area contributed by atoms with E-state index >= 15 is 0 Å². The third-order valence-electron chi connectivity index (χ3n) is 4.05. The number of nitrogens with one attached hydrogen (secondary N) is 1. The van der Waals surface area contributed by atoms with Gasteiger partial charge in [-0.15, -0.1) is 0 Å². The van der Waals surface area contributed by atoms with Gasteiger partial charge in [0.15, 0.2) is 0 Å². The van der Waals surface area contributed by atoms with Crippen LogP contribution in [0, 0.1) is 11.8 Å². The van der Waals surface area contributed by atoms with Crippen LogP contribution in [0.3, 0.4) is 0 Å². The summed E-state index contributed by atoms with van der Waals surface area (Å²) in [7, 11) is 0. The Bertz CT molecular complexity index is 316. The van der Waals surface area contributed by atoms with Crippen molar-refractivity contribution in [2.75, 3.05) is 6.54 Å². The van der Waals surface area contributed by atoms with E-state index in [9.17, 15) is 0 Å². The minimum absolute atomic E-state index is 0.702. The van der Waals surface area contributed by atoms with Gasteiger partial charge in [0.25, 0.3) is 0 Å². The first-order valence-electron chi connectivity index (χ1n) is 7.08. The highest BCUT2D eigenvalue weighted by Gasteiger charge is 2.32. The van der Waals surface area contributed by atoms with Gasteiger partial charge >= 0.3 is 0 Å². The maximum Gasteiger partial charge on any atom is 0.00983 e. The topological polar surface area (TPSA) is 12.0 Å². The molecule has 1 heteroatoms. The second-order valence-corrected chi connectivity index (χ2v) is 5.38. The van der Waals surface area contributed by atoms with Crippen LogP contribution in [0.4, 0.5) is 0 Å². The number of rotatable bonds is 7. The predicted octanol–water partition coefficient (Wildman–Crippen LogP) is 3.64. The zero-order valence-electron chi connectivity index (χ0n) is 11.2. The number of hydrogen-bond acceptors (Lipinski definition) is 1. The van der Waals surface area contributed by atoms with Crippen molar-refractivity contribution in [3.63, 3.8) is 0 Å². The highest BCUT2D eigenvalue weighted by atomic mass is 14.9. The average Bonchev–Trinajstić information content (AvgIpc) is 3.19. The van der Waals surface area contributed by atoms with Crippen LogP contribution in [0.15, 0.2) is 30.3 Å². The molecule has 1 fully saturated rings. The van der Waals surface area contributed by atoms with Crippen molar-refractivity contribution in [2.45, 2.75) is 45.6 Å². The van der Waals surface area contributed by atoms with Crippen molar-refractivity contribution in [3.05, 3.63) is 35.9 Å². The summed E-state index contributed by atoms with van der Waals surface area (Å²) in [6, 6.07) is 11.6. The van der Waals surface area contributed by atoms with Crippen molar-refractivity contribution < 1.29 is 0 Å². The highest BCUT2D eigenvalue weighted by molar-refractivity contribution is 5.14. The Morgan fingerprint density at radius 3 is 2.53 bits per heavy atom. The zero-order chi connectivity index (χ0) is 12.1. The fourth-order valence-corrected chi connectivity index (χ4v) is 2.73. The van der Waals surface area contributed by atoms with E-state index in [2.05, 4.69) is 49.5 Å². The quantitative estimate of drug-likeness (QED) is 0.755. The van der Waals surface area contributed by atoms with Crippen molar-refractivity contribution in [3.8, 4) is 0 Å². The lowest BCUT2D eigenvalue weighted by molar-refractivity contribution is 0.330. The molecule has 0 aromatic heterocycles. The summed E-state index contributed by atoms with van der Waals surface area (Å²) in [4.78, 5) is 0. The second kappa shape index (κ2) is 6.20. The van der Waals surface area contributed by atoms with Crippen molar-refractivity contribution in [1.82, 2.24) is 5.32 Å². The van der Waals surface area contributed by atoms with Crippen LogP contribution in [0.2, 0.25) is 0 Å². The molecule has 17 heavy (non-hydrogen) atoms. The normalized spacial score (nSPS) is 18.9. The molecule has 1 saturated carbocycles. The van der Waals surface area contributed by atoms with Crippen LogP contribution in [0.1, 0.15) is 38.7 Å². The molecule has 0 aliphatic heterocycles. The van der Waals surface area contributed by atoms with E-state index in [1.807, 2.05) is 0 Å². The Balaban J connectivity index is 1.84. The maximum atomic E-state index is 3.67. The lowest BCUT2D eigenvalue weighted by Gasteiger charge is -2.24. The summed E-state index contributed by atoms with van der Waals surface area (Å²) < 4.78 is 0. The largest absolute Gasteiger partial charge is 0.314 e. The molecule has 94 valence electrons. The summed E-state index contributed by atoms with van der Waals surface area (Å²) in [5.41, 5.74) is 1.47. The molecule has 1 aliphatic rings. The number of aryl methyl sites for hydroxylation is 1. The molecule has 1 aromatic rings. The van der Waals surface area contributed by atoms with Gasteiger partial charge in [-0.2, -0.15) is 0 Å². The molecule has 1 aromatic carbocycles. The molecule has 0 spiro atoms. The van der Waals surface area contributed by atoms with E-state index in [1.165, 1.54) is 31.2 Å². The van der Waals surface area contributed by atoms with Crippen molar-refractivity contribution >= 4 is 0 Å². The van der Waals surface area contributed by atoms with Gasteiger partial charge in [-0.1, -0.05) is 44.2 Å². The molecule has 0 radical (unpaired) electrons. The molecule has 2 atom stereocenters. The van der Waals surface area contributed by atoms with Crippen LogP contribution < -0.4 is 5.32 Å². The minimum atomic E-state index is 0.702. The van der Waals surface area contributed by atoms with E-state index in [4.69, 9.17) is 0 Å². The van der Waals surface area contributed by atoms with E-state index in [0.717, 1.165) is 18.4 Å². The van der Waals surface area contributed by atoms with E-state index in [1.54, 1.807) is 0 Å². The fraction of sp³-hybridized carbons (Fsp3) is 0.625. The first kappa shape index (κ1) is 12.6. The smallest absolute Gasteiger partial charge is 0.00983 e. The molecular formula is C16H25N. The molecule has 2 rings (SSSR count). The van der Waals surface area contributed by atoms with Gasteiger partial charge in [-0.3, -0.25) is 0 Å². The third kappa shape index (κ3) is 3.85. The number of hydrogen-bond donors (Lipinski definition) is 1. The average molecular weight is 231 g/mol. The summed E-state index contributed by atoms with van der Waals surface area (Å²) in [6.07, 6.45) is 5.38. The van der Waals surface area contributed by atoms with Crippen molar-refractivity contribution in [2.24, 2.45) is 11.8 Å². The van der Waals surface area contributed by atoms with Crippen LogP contribution in [0.25, 0.3) is 0 Å². The third-order valence-corrected chi connectivity index (χ3v) is 4.05. The standard InChI is InChI=1S/C16H25N/c1-3-17-16(13(2)15-10-11-15)12-9-14-7-5-4-6-8-14/h4-8,13,15-17H,3,9-12H2,1-2H3. The van der Waals surface area contributed by atoms with Gasteiger partial charge in [-0.25, -0.2) is 0 Å². The molecule has 0 bridgehead atoms. The molecule has 1 aliphatic carbocycles. The monoisotopic (exact) mass is 231 g/mol. The fourth-order valence-electron chi connectivity index (χ4n) is 2.73. The molecule has 2 unspecified atom stereocenters. The van der Waals surface area contributed by atoms with E-state index in [0.29, 0.717) is 6.04 Å². The minimum Gasteiger partial charge on any atom is -0.314 e. The Hall–Kier alpha value is -0.820. The van der Waals surface area contributed by atoms with Gasteiger partial charge in [0.2, 0.25) is 0 Å².